The van der Waals surface area contributed by atoms with E-state index in [9.17, 15) is 4.79 Å². The highest BCUT2D eigenvalue weighted by atomic mass is 35.5. The summed E-state index contributed by atoms with van der Waals surface area (Å²) in [6.07, 6.45) is -0.0471. The second kappa shape index (κ2) is 7.80. The van der Waals surface area contributed by atoms with Crippen molar-refractivity contribution < 1.29 is 14.6 Å². The smallest absolute Gasteiger partial charge is 0.251 e. The number of rotatable bonds is 4. The number of aliphatic hydroxyl groups is 1. The zero-order chi connectivity index (χ0) is 14.3. The molecule has 102 valence electrons. The largest absolute Gasteiger partial charge is 0.384 e. The molecule has 1 aromatic carbocycles. The summed E-state index contributed by atoms with van der Waals surface area (Å²) in [4.78, 5) is 11.8. The van der Waals surface area contributed by atoms with Crippen molar-refractivity contribution in [3.63, 3.8) is 0 Å². The third-order valence-electron chi connectivity index (χ3n) is 2.49. The van der Waals surface area contributed by atoms with Crippen LogP contribution in [0.3, 0.4) is 0 Å². The number of carbonyl (C=O) groups is 1. The van der Waals surface area contributed by atoms with Crippen LogP contribution in [0.5, 0.6) is 0 Å². The van der Waals surface area contributed by atoms with E-state index in [0.29, 0.717) is 22.7 Å². The summed E-state index contributed by atoms with van der Waals surface area (Å²) in [7, 11) is 1.59. The van der Waals surface area contributed by atoms with Gasteiger partial charge in [0.15, 0.2) is 0 Å². The van der Waals surface area contributed by atoms with Crippen LogP contribution in [-0.2, 0) is 4.74 Å². The standard InChI is InChI=1S/C14H16ClNO3/c1-10(19-2)9-16-14(18)12-6-5-11(4-3-7-17)13(15)8-12/h5-6,8,10,17H,7,9H2,1-2H3,(H,16,18). The lowest BCUT2D eigenvalue weighted by atomic mass is 10.1. The van der Waals surface area contributed by atoms with Gasteiger partial charge in [-0.15, -0.1) is 0 Å². The fourth-order valence-corrected chi connectivity index (χ4v) is 1.54. The molecule has 1 unspecified atom stereocenters. The number of benzene rings is 1. The summed E-state index contributed by atoms with van der Waals surface area (Å²) in [5.41, 5.74) is 1.04. The van der Waals surface area contributed by atoms with Gasteiger partial charge in [-0.2, -0.15) is 0 Å². The van der Waals surface area contributed by atoms with Crippen molar-refractivity contribution in [2.24, 2.45) is 0 Å². The number of carbonyl (C=O) groups excluding carboxylic acids is 1. The highest BCUT2D eigenvalue weighted by Gasteiger charge is 2.09. The lowest BCUT2D eigenvalue weighted by Crippen LogP contribution is -2.31. The van der Waals surface area contributed by atoms with E-state index in [0.717, 1.165) is 0 Å². The zero-order valence-corrected chi connectivity index (χ0v) is 11.6. The van der Waals surface area contributed by atoms with Crippen LogP contribution in [0, 0.1) is 11.8 Å². The molecule has 0 aliphatic rings. The molecule has 1 aromatic rings. The van der Waals surface area contributed by atoms with Crippen LogP contribution in [0.1, 0.15) is 22.8 Å². The summed E-state index contributed by atoms with van der Waals surface area (Å²) in [5.74, 6) is 4.99. The molecule has 0 spiro atoms. The minimum atomic E-state index is -0.229. The average molecular weight is 282 g/mol. The summed E-state index contributed by atoms with van der Waals surface area (Å²) < 4.78 is 5.04. The van der Waals surface area contributed by atoms with E-state index in [1.807, 2.05) is 6.92 Å². The van der Waals surface area contributed by atoms with Gasteiger partial charge in [-0.05, 0) is 25.1 Å². The fourth-order valence-electron chi connectivity index (χ4n) is 1.31. The highest BCUT2D eigenvalue weighted by Crippen LogP contribution is 2.17. The monoisotopic (exact) mass is 281 g/mol. The van der Waals surface area contributed by atoms with Gasteiger partial charge in [0.05, 0.1) is 11.1 Å². The SMILES string of the molecule is COC(C)CNC(=O)c1ccc(C#CCO)c(Cl)c1. The van der Waals surface area contributed by atoms with Gasteiger partial charge in [0.25, 0.3) is 5.91 Å². The molecule has 5 heteroatoms. The molecule has 0 saturated carbocycles. The van der Waals surface area contributed by atoms with Gasteiger partial charge in [-0.3, -0.25) is 4.79 Å². The Balaban J connectivity index is 2.74. The van der Waals surface area contributed by atoms with Gasteiger partial charge in [-0.1, -0.05) is 23.4 Å². The summed E-state index contributed by atoms with van der Waals surface area (Å²) in [6.45, 7) is 2.06. The molecule has 2 N–H and O–H groups in total. The van der Waals surface area contributed by atoms with Crippen LogP contribution in [0.2, 0.25) is 5.02 Å². The Bertz CT molecular complexity index is 505. The molecule has 4 nitrogen and oxygen atoms in total. The van der Waals surface area contributed by atoms with Crippen molar-refractivity contribution in [1.29, 1.82) is 0 Å². The molecule has 1 rings (SSSR count). The van der Waals surface area contributed by atoms with Gasteiger partial charge in [0, 0.05) is 24.8 Å². The second-order valence-electron chi connectivity index (χ2n) is 3.91. The van der Waals surface area contributed by atoms with Gasteiger partial charge >= 0.3 is 0 Å². The van der Waals surface area contributed by atoms with Gasteiger partial charge < -0.3 is 15.2 Å². The van der Waals surface area contributed by atoms with E-state index in [1.165, 1.54) is 0 Å². The number of amides is 1. The van der Waals surface area contributed by atoms with Gasteiger partial charge in [0.2, 0.25) is 0 Å². The van der Waals surface area contributed by atoms with Crippen LogP contribution in [0.15, 0.2) is 18.2 Å². The van der Waals surface area contributed by atoms with E-state index >= 15 is 0 Å². The summed E-state index contributed by atoms with van der Waals surface area (Å²) in [6, 6.07) is 4.84. The van der Waals surface area contributed by atoms with Crippen molar-refractivity contribution in [3.05, 3.63) is 34.3 Å². The Morgan fingerprint density at radius 3 is 2.89 bits per heavy atom. The molecule has 1 atom stereocenters. The van der Waals surface area contributed by atoms with Crippen LogP contribution >= 0.6 is 11.6 Å². The summed E-state index contributed by atoms with van der Waals surface area (Å²) >= 11 is 6.01. The first-order valence-electron chi connectivity index (χ1n) is 5.78. The molecular weight excluding hydrogens is 266 g/mol. The van der Waals surface area contributed by atoms with Crippen molar-refractivity contribution >= 4 is 17.5 Å². The Hall–Kier alpha value is -1.54. The third kappa shape index (κ3) is 4.92. The number of methoxy groups -OCH3 is 1. The Morgan fingerprint density at radius 2 is 2.32 bits per heavy atom. The van der Waals surface area contributed by atoms with E-state index < -0.39 is 0 Å². The van der Waals surface area contributed by atoms with Crippen LogP contribution in [0.25, 0.3) is 0 Å². The van der Waals surface area contributed by atoms with E-state index in [2.05, 4.69) is 17.2 Å². The van der Waals surface area contributed by atoms with E-state index in [4.69, 9.17) is 21.4 Å². The van der Waals surface area contributed by atoms with E-state index in [-0.39, 0.29) is 18.6 Å². The molecule has 0 aliphatic heterocycles. The van der Waals surface area contributed by atoms with Crippen LogP contribution in [0.4, 0.5) is 0 Å². The third-order valence-corrected chi connectivity index (χ3v) is 2.80. The number of hydrogen-bond acceptors (Lipinski definition) is 3. The maximum absolute atomic E-state index is 11.8. The molecule has 0 aromatic heterocycles. The molecule has 0 fully saturated rings. The average Bonchev–Trinajstić information content (AvgIpc) is 2.42. The lowest BCUT2D eigenvalue weighted by Gasteiger charge is -2.11. The minimum Gasteiger partial charge on any atom is -0.384 e. The number of nitrogens with one attached hydrogen (secondary N) is 1. The summed E-state index contributed by atoms with van der Waals surface area (Å²) in [5, 5.41) is 11.7. The first-order chi connectivity index (χ1) is 9.08. The maximum atomic E-state index is 11.8. The maximum Gasteiger partial charge on any atom is 0.251 e. The quantitative estimate of drug-likeness (QED) is 0.821. The van der Waals surface area contributed by atoms with E-state index in [1.54, 1.807) is 25.3 Å². The number of hydrogen-bond donors (Lipinski definition) is 2. The highest BCUT2D eigenvalue weighted by molar-refractivity contribution is 6.32. The van der Waals surface area contributed by atoms with Crippen molar-refractivity contribution in [2.75, 3.05) is 20.3 Å². The van der Waals surface area contributed by atoms with Gasteiger partial charge in [-0.25, -0.2) is 0 Å². The Morgan fingerprint density at radius 1 is 1.58 bits per heavy atom. The molecule has 1 amide bonds. The van der Waals surface area contributed by atoms with Crippen molar-refractivity contribution in [3.8, 4) is 11.8 Å². The molecule has 0 radical (unpaired) electrons. The topological polar surface area (TPSA) is 58.6 Å². The predicted octanol–water partition coefficient (Wildman–Crippen LogP) is 1.45. The predicted molar refractivity (Wildman–Crippen MR) is 74.2 cm³/mol. The van der Waals surface area contributed by atoms with Crippen molar-refractivity contribution in [1.82, 2.24) is 5.32 Å². The zero-order valence-electron chi connectivity index (χ0n) is 10.9. The number of halogens is 1. The first-order valence-corrected chi connectivity index (χ1v) is 6.16. The molecule has 19 heavy (non-hydrogen) atoms. The fraction of sp³-hybridized carbons (Fsp3) is 0.357. The molecule has 0 bridgehead atoms. The number of aliphatic hydroxyl groups excluding tert-OH is 1. The van der Waals surface area contributed by atoms with Crippen LogP contribution < -0.4 is 5.32 Å². The Kier molecular flexibility index (Phi) is 6.37. The van der Waals surface area contributed by atoms with Crippen molar-refractivity contribution in [2.45, 2.75) is 13.0 Å². The molecular formula is C14H16ClNO3. The number of ether oxygens (including phenoxy) is 1. The molecule has 0 saturated heterocycles. The molecule has 0 aliphatic carbocycles. The molecule has 0 heterocycles. The minimum absolute atomic E-state index is 0.0471. The normalized spacial score (nSPS) is 11.4. The second-order valence-corrected chi connectivity index (χ2v) is 4.32. The lowest BCUT2D eigenvalue weighted by molar-refractivity contribution is 0.0870. The first kappa shape index (κ1) is 15.5. The van der Waals surface area contributed by atoms with Crippen LogP contribution in [-0.4, -0.2) is 37.4 Å². The van der Waals surface area contributed by atoms with Gasteiger partial charge in [0.1, 0.15) is 6.61 Å². The Labute approximate surface area is 117 Å².